The van der Waals surface area contributed by atoms with Crippen molar-refractivity contribution in [3.05, 3.63) is 36.0 Å². The highest BCUT2D eigenvalue weighted by molar-refractivity contribution is 5.80. The predicted molar refractivity (Wildman–Crippen MR) is 65.0 cm³/mol. The van der Waals surface area contributed by atoms with Crippen LogP contribution in [0, 0.1) is 11.6 Å². The number of aromatic nitrogens is 1. The number of nitrogens with zero attached hydrogens (tertiary/aromatic N) is 2. The van der Waals surface area contributed by atoms with Crippen LogP contribution in [0.2, 0.25) is 0 Å². The lowest BCUT2D eigenvalue weighted by Gasteiger charge is -2.20. The van der Waals surface area contributed by atoms with Crippen LogP contribution in [-0.4, -0.2) is 29.6 Å². The fourth-order valence-electron chi connectivity index (χ4n) is 1.86. The van der Waals surface area contributed by atoms with Crippen molar-refractivity contribution < 1.29 is 8.78 Å². The molecule has 0 aliphatic carbocycles. The zero-order valence-electron chi connectivity index (χ0n) is 10.2. The third-order valence-electron chi connectivity index (χ3n) is 3.12. The molecular formula is C13H16F2N2. The molecule has 0 radical (unpaired) electrons. The molecule has 1 unspecified atom stereocenters. The number of hydrogen-bond acceptors (Lipinski definition) is 1. The zero-order chi connectivity index (χ0) is 12.6. The Morgan fingerprint density at radius 2 is 2.00 bits per heavy atom. The average Bonchev–Trinajstić information content (AvgIpc) is 2.60. The summed E-state index contributed by atoms with van der Waals surface area (Å²) in [6, 6.07) is 4.31. The molecule has 0 saturated carbocycles. The van der Waals surface area contributed by atoms with Gasteiger partial charge < -0.3 is 9.47 Å². The first kappa shape index (κ1) is 12.0. The van der Waals surface area contributed by atoms with E-state index in [1.807, 2.05) is 18.7 Å². The van der Waals surface area contributed by atoms with Crippen molar-refractivity contribution in [3.8, 4) is 0 Å². The molecule has 0 saturated heterocycles. The Morgan fingerprint density at radius 3 is 2.65 bits per heavy atom. The Labute approximate surface area is 99.4 Å². The Kier molecular flexibility index (Phi) is 3.15. The van der Waals surface area contributed by atoms with Crippen LogP contribution >= 0.6 is 0 Å². The summed E-state index contributed by atoms with van der Waals surface area (Å²) < 4.78 is 28.6. The van der Waals surface area contributed by atoms with Gasteiger partial charge in [-0.3, -0.25) is 0 Å². The Morgan fingerprint density at radius 1 is 1.29 bits per heavy atom. The summed E-state index contributed by atoms with van der Waals surface area (Å²) in [7, 11) is 3.96. The van der Waals surface area contributed by atoms with E-state index in [0.29, 0.717) is 17.4 Å². The Balaban J connectivity index is 2.42. The lowest BCUT2D eigenvalue weighted by Crippen LogP contribution is -2.29. The van der Waals surface area contributed by atoms with Gasteiger partial charge in [0.1, 0.15) is 11.6 Å². The van der Waals surface area contributed by atoms with E-state index in [2.05, 4.69) is 11.8 Å². The lowest BCUT2D eigenvalue weighted by molar-refractivity contribution is 0.286. The van der Waals surface area contributed by atoms with Crippen LogP contribution in [0.3, 0.4) is 0 Å². The SMILES string of the molecule is CC(Cn1ccc2cc(F)cc(F)c21)N(C)C. The summed E-state index contributed by atoms with van der Waals surface area (Å²) in [6.45, 7) is 2.74. The van der Waals surface area contributed by atoms with Crippen molar-refractivity contribution in [1.82, 2.24) is 9.47 Å². The van der Waals surface area contributed by atoms with Crippen molar-refractivity contribution in [2.75, 3.05) is 14.1 Å². The highest BCUT2D eigenvalue weighted by Gasteiger charge is 2.12. The Hall–Kier alpha value is -1.42. The third-order valence-corrected chi connectivity index (χ3v) is 3.12. The normalized spacial score (nSPS) is 13.5. The number of hydrogen-bond donors (Lipinski definition) is 0. The smallest absolute Gasteiger partial charge is 0.150 e. The molecule has 0 amide bonds. The standard InChI is InChI=1S/C13H16F2N2/c1-9(16(2)3)8-17-5-4-10-6-11(14)7-12(15)13(10)17/h4-7,9H,8H2,1-3H3. The number of rotatable bonds is 3. The summed E-state index contributed by atoms with van der Waals surface area (Å²) >= 11 is 0. The van der Waals surface area contributed by atoms with Gasteiger partial charge in [-0.15, -0.1) is 0 Å². The number of fused-ring (bicyclic) bond motifs is 1. The van der Waals surface area contributed by atoms with E-state index < -0.39 is 11.6 Å². The second-order valence-corrected chi connectivity index (χ2v) is 4.61. The number of likely N-dealkylation sites (N-methyl/N-ethyl adjacent to an activating group) is 1. The second kappa shape index (κ2) is 4.45. The molecule has 0 spiro atoms. The molecule has 2 rings (SSSR count). The van der Waals surface area contributed by atoms with Gasteiger partial charge in [0.15, 0.2) is 0 Å². The van der Waals surface area contributed by atoms with Crippen LogP contribution in [0.4, 0.5) is 8.78 Å². The van der Waals surface area contributed by atoms with Crippen LogP contribution in [0.15, 0.2) is 24.4 Å². The molecule has 0 N–H and O–H groups in total. The first-order valence-corrected chi connectivity index (χ1v) is 5.59. The van der Waals surface area contributed by atoms with Crippen LogP contribution < -0.4 is 0 Å². The first-order chi connectivity index (χ1) is 7.99. The van der Waals surface area contributed by atoms with E-state index in [0.717, 1.165) is 6.07 Å². The van der Waals surface area contributed by atoms with Crippen molar-refractivity contribution in [2.24, 2.45) is 0 Å². The monoisotopic (exact) mass is 238 g/mol. The van der Waals surface area contributed by atoms with Crippen molar-refractivity contribution in [3.63, 3.8) is 0 Å². The molecule has 1 aromatic carbocycles. The van der Waals surface area contributed by atoms with Crippen LogP contribution in [0.25, 0.3) is 10.9 Å². The van der Waals surface area contributed by atoms with Gasteiger partial charge in [0.05, 0.1) is 5.52 Å². The van der Waals surface area contributed by atoms with Crippen LogP contribution in [0.5, 0.6) is 0 Å². The second-order valence-electron chi connectivity index (χ2n) is 4.61. The molecule has 2 nitrogen and oxygen atoms in total. The van der Waals surface area contributed by atoms with Crippen LogP contribution in [0.1, 0.15) is 6.92 Å². The van der Waals surface area contributed by atoms with Gasteiger partial charge >= 0.3 is 0 Å². The van der Waals surface area contributed by atoms with Gasteiger partial charge in [0.25, 0.3) is 0 Å². The largest absolute Gasteiger partial charge is 0.344 e. The highest BCUT2D eigenvalue weighted by Crippen LogP contribution is 2.21. The van der Waals surface area contributed by atoms with E-state index >= 15 is 0 Å². The van der Waals surface area contributed by atoms with E-state index in [-0.39, 0.29) is 6.04 Å². The minimum Gasteiger partial charge on any atom is -0.344 e. The van der Waals surface area contributed by atoms with Crippen molar-refractivity contribution in [2.45, 2.75) is 19.5 Å². The number of benzene rings is 1. The number of halogens is 2. The van der Waals surface area contributed by atoms with Gasteiger partial charge in [-0.2, -0.15) is 0 Å². The molecule has 1 aromatic heterocycles. The quantitative estimate of drug-likeness (QED) is 0.798. The summed E-state index contributed by atoms with van der Waals surface area (Å²) in [6.07, 6.45) is 1.80. The molecule has 0 bridgehead atoms. The minimum atomic E-state index is -0.534. The summed E-state index contributed by atoms with van der Waals surface area (Å²) in [5, 5.41) is 0.605. The topological polar surface area (TPSA) is 8.17 Å². The summed E-state index contributed by atoms with van der Waals surface area (Å²) in [5.41, 5.74) is 0.472. The molecule has 17 heavy (non-hydrogen) atoms. The highest BCUT2D eigenvalue weighted by atomic mass is 19.1. The van der Waals surface area contributed by atoms with Crippen molar-refractivity contribution >= 4 is 10.9 Å². The first-order valence-electron chi connectivity index (χ1n) is 5.59. The Bertz CT molecular complexity index is 531. The van der Waals surface area contributed by atoms with E-state index in [1.54, 1.807) is 12.3 Å². The average molecular weight is 238 g/mol. The fourth-order valence-corrected chi connectivity index (χ4v) is 1.86. The molecular weight excluding hydrogens is 222 g/mol. The maximum absolute atomic E-state index is 13.7. The fraction of sp³-hybridized carbons (Fsp3) is 0.385. The molecule has 92 valence electrons. The van der Waals surface area contributed by atoms with Gasteiger partial charge in [0.2, 0.25) is 0 Å². The molecule has 0 fully saturated rings. The van der Waals surface area contributed by atoms with Gasteiger partial charge in [-0.1, -0.05) is 0 Å². The lowest BCUT2D eigenvalue weighted by atomic mass is 10.2. The van der Waals surface area contributed by atoms with Gasteiger partial charge in [-0.25, -0.2) is 8.78 Å². The minimum absolute atomic E-state index is 0.287. The van der Waals surface area contributed by atoms with Gasteiger partial charge in [-0.05, 0) is 33.2 Å². The van der Waals surface area contributed by atoms with Crippen LogP contribution in [-0.2, 0) is 6.54 Å². The van der Waals surface area contributed by atoms with Crippen molar-refractivity contribution in [1.29, 1.82) is 0 Å². The molecule has 2 aromatic rings. The maximum Gasteiger partial charge on any atom is 0.150 e. The molecule has 1 atom stereocenters. The summed E-state index contributed by atoms with van der Waals surface area (Å²) in [5.74, 6) is -1.04. The van der Waals surface area contributed by atoms with E-state index in [9.17, 15) is 8.78 Å². The molecule has 0 aliphatic rings. The maximum atomic E-state index is 13.7. The molecule has 1 heterocycles. The van der Waals surface area contributed by atoms with Gasteiger partial charge in [0, 0.05) is 30.2 Å². The van der Waals surface area contributed by atoms with E-state index in [4.69, 9.17) is 0 Å². The summed E-state index contributed by atoms with van der Waals surface area (Å²) in [4.78, 5) is 2.06. The molecule has 4 heteroatoms. The third kappa shape index (κ3) is 2.31. The van der Waals surface area contributed by atoms with E-state index in [1.165, 1.54) is 6.07 Å². The molecule has 0 aliphatic heterocycles. The predicted octanol–water partition coefficient (Wildman–Crippen LogP) is 2.87. The zero-order valence-corrected chi connectivity index (χ0v) is 10.2.